The van der Waals surface area contributed by atoms with E-state index in [-0.39, 0.29) is 0 Å². The molecule has 0 bridgehead atoms. The van der Waals surface area contributed by atoms with E-state index in [9.17, 15) is 0 Å². The van der Waals surface area contributed by atoms with Crippen LogP contribution in [0.1, 0.15) is 44.6 Å². The summed E-state index contributed by atoms with van der Waals surface area (Å²) in [6.07, 6.45) is 7.96. The largest absolute Gasteiger partial charge is 0.330 e. The summed E-state index contributed by atoms with van der Waals surface area (Å²) in [7, 11) is 0. The number of hydrogen-bond acceptors (Lipinski definition) is 2. The second kappa shape index (κ2) is 5.33. The Labute approximate surface area is 103 Å². The fraction of sp³-hybridized carbons (Fsp3) is 0.714. The summed E-state index contributed by atoms with van der Waals surface area (Å²) < 4.78 is 0. The molecule has 2 unspecified atom stereocenters. The van der Waals surface area contributed by atoms with E-state index in [0.717, 1.165) is 12.5 Å². The predicted octanol–water partition coefficient (Wildman–Crippen LogP) is 3.84. The molecule has 1 saturated carbocycles. The monoisotopic (exact) mass is 237 g/mol. The zero-order valence-electron chi connectivity index (χ0n) is 10.2. The van der Waals surface area contributed by atoms with E-state index in [4.69, 9.17) is 5.73 Å². The highest BCUT2D eigenvalue weighted by molar-refractivity contribution is 7.07. The van der Waals surface area contributed by atoms with Gasteiger partial charge in [-0.25, -0.2) is 0 Å². The first-order chi connectivity index (χ1) is 7.74. The average molecular weight is 237 g/mol. The van der Waals surface area contributed by atoms with Gasteiger partial charge in [0.1, 0.15) is 0 Å². The van der Waals surface area contributed by atoms with E-state index < -0.39 is 0 Å². The van der Waals surface area contributed by atoms with Gasteiger partial charge in [0.05, 0.1) is 0 Å². The highest BCUT2D eigenvalue weighted by Crippen LogP contribution is 2.41. The Morgan fingerprint density at radius 2 is 2.44 bits per heavy atom. The molecule has 1 aliphatic carbocycles. The maximum atomic E-state index is 6.04. The summed E-state index contributed by atoms with van der Waals surface area (Å²) in [5.74, 6) is 0.875. The number of hydrogen-bond donors (Lipinski definition) is 1. The van der Waals surface area contributed by atoms with Gasteiger partial charge in [0.2, 0.25) is 0 Å². The lowest BCUT2D eigenvalue weighted by Gasteiger charge is -2.39. The Morgan fingerprint density at radius 3 is 3.06 bits per heavy atom. The van der Waals surface area contributed by atoms with Gasteiger partial charge < -0.3 is 5.73 Å². The Kier molecular flexibility index (Phi) is 4.04. The summed E-state index contributed by atoms with van der Waals surface area (Å²) in [6, 6.07) is 2.25. The summed E-state index contributed by atoms with van der Waals surface area (Å²) in [4.78, 5) is 0. The molecular formula is C14H23NS. The molecule has 0 radical (unpaired) electrons. The van der Waals surface area contributed by atoms with Crippen molar-refractivity contribution < 1.29 is 0 Å². The number of nitrogens with two attached hydrogens (primary N) is 1. The molecule has 2 atom stereocenters. The van der Waals surface area contributed by atoms with Gasteiger partial charge in [-0.1, -0.05) is 19.8 Å². The quantitative estimate of drug-likeness (QED) is 0.846. The molecule has 2 rings (SSSR count). The van der Waals surface area contributed by atoms with Crippen LogP contribution in [0.5, 0.6) is 0 Å². The highest BCUT2D eigenvalue weighted by atomic mass is 32.1. The summed E-state index contributed by atoms with van der Waals surface area (Å²) in [5.41, 5.74) is 7.98. The highest BCUT2D eigenvalue weighted by Gasteiger charge is 2.33. The first kappa shape index (κ1) is 12.1. The Morgan fingerprint density at radius 1 is 1.56 bits per heavy atom. The van der Waals surface area contributed by atoms with Crippen LogP contribution in [0, 0.1) is 11.3 Å². The van der Waals surface area contributed by atoms with Crippen LogP contribution >= 0.6 is 11.3 Å². The van der Waals surface area contributed by atoms with Gasteiger partial charge in [-0.2, -0.15) is 11.3 Å². The van der Waals surface area contributed by atoms with Crippen LogP contribution in [0.15, 0.2) is 16.8 Å². The van der Waals surface area contributed by atoms with Gasteiger partial charge in [0.25, 0.3) is 0 Å². The molecule has 2 heteroatoms. The maximum absolute atomic E-state index is 6.04. The van der Waals surface area contributed by atoms with E-state index >= 15 is 0 Å². The third kappa shape index (κ3) is 2.86. The van der Waals surface area contributed by atoms with E-state index in [1.807, 2.05) is 0 Å². The van der Waals surface area contributed by atoms with Crippen molar-refractivity contribution in [2.75, 3.05) is 6.54 Å². The third-order valence-electron chi connectivity index (χ3n) is 4.14. The third-order valence-corrected chi connectivity index (χ3v) is 4.87. The van der Waals surface area contributed by atoms with Crippen molar-refractivity contribution in [1.29, 1.82) is 0 Å². The van der Waals surface area contributed by atoms with Crippen LogP contribution in [0.25, 0.3) is 0 Å². The van der Waals surface area contributed by atoms with Crippen LogP contribution in [-0.4, -0.2) is 6.54 Å². The summed E-state index contributed by atoms with van der Waals surface area (Å²) in [5, 5.41) is 4.45. The van der Waals surface area contributed by atoms with Crippen LogP contribution in [0.2, 0.25) is 0 Å². The number of thiophene rings is 1. The van der Waals surface area contributed by atoms with Gasteiger partial charge in [-0.05, 0) is 66.0 Å². The van der Waals surface area contributed by atoms with E-state index in [2.05, 4.69) is 23.8 Å². The average Bonchev–Trinajstić information content (AvgIpc) is 2.79. The number of rotatable bonds is 4. The van der Waals surface area contributed by atoms with Crippen molar-refractivity contribution in [3.63, 3.8) is 0 Å². The van der Waals surface area contributed by atoms with Crippen molar-refractivity contribution >= 4 is 11.3 Å². The molecule has 16 heavy (non-hydrogen) atoms. The molecule has 0 spiro atoms. The fourth-order valence-corrected chi connectivity index (χ4v) is 3.83. The van der Waals surface area contributed by atoms with Gasteiger partial charge in [0, 0.05) is 0 Å². The van der Waals surface area contributed by atoms with E-state index in [0.29, 0.717) is 5.41 Å². The lowest BCUT2D eigenvalue weighted by molar-refractivity contribution is 0.142. The molecule has 1 aliphatic rings. The lowest BCUT2D eigenvalue weighted by Crippen LogP contribution is -2.35. The number of aryl methyl sites for hydroxylation is 1. The van der Waals surface area contributed by atoms with Crippen LogP contribution < -0.4 is 5.73 Å². The fourth-order valence-electron chi connectivity index (χ4n) is 3.13. The van der Waals surface area contributed by atoms with Crippen molar-refractivity contribution in [3.05, 3.63) is 22.4 Å². The minimum absolute atomic E-state index is 0.444. The van der Waals surface area contributed by atoms with Crippen LogP contribution in [-0.2, 0) is 6.42 Å². The molecule has 2 N–H and O–H groups in total. The van der Waals surface area contributed by atoms with E-state index in [1.54, 1.807) is 11.3 Å². The van der Waals surface area contributed by atoms with Gasteiger partial charge >= 0.3 is 0 Å². The van der Waals surface area contributed by atoms with Crippen molar-refractivity contribution in [3.8, 4) is 0 Å². The second-order valence-corrected chi connectivity index (χ2v) is 6.32. The molecule has 1 aromatic heterocycles. The molecule has 0 amide bonds. The zero-order chi connectivity index (χ0) is 11.4. The first-order valence-electron chi connectivity index (χ1n) is 6.45. The standard InChI is InChI=1S/C14H23NS/c1-12-3-2-6-14(9-12,11-15)7-4-13-5-8-16-10-13/h5,8,10,12H,2-4,6-7,9,11,15H2,1H3. The lowest BCUT2D eigenvalue weighted by atomic mass is 9.67. The second-order valence-electron chi connectivity index (χ2n) is 5.54. The molecule has 0 saturated heterocycles. The molecule has 1 aromatic rings. The van der Waals surface area contributed by atoms with Crippen LogP contribution in [0.3, 0.4) is 0 Å². The topological polar surface area (TPSA) is 26.0 Å². The SMILES string of the molecule is CC1CCCC(CN)(CCc2ccsc2)C1. The minimum atomic E-state index is 0.444. The zero-order valence-corrected chi connectivity index (χ0v) is 11.1. The Bertz CT molecular complexity index is 307. The molecule has 90 valence electrons. The molecule has 1 heterocycles. The van der Waals surface area contributed by atoms with E-state index in [1.165, 1.54) is 44.1 Å². The Balaban J connectivity index is 1.93. The molecule has 1 fully saturated rings. The van der Waals surface area contributed by atoms with Crippen LogP contribution in [0.4, 0.5) is 0 Å². The summed E-state index contributed by atoms with van der Waals surface area (Å²) in [6.45, 7) is 3.26. The Hall–Kier alpha value is -0.340. The predicted molar refractivity (Wildman–Crippen MR) is 71.8 cm³/mol. The van der Waals surface area contributed by atoms with Gasteiger partial charge in [0.15, 0.2) is 0 Å². The van der Waals surface area contributed by atoms with Crippen molar-refractivity contribution in [2.24, 2.45) is 17.1 Å². The van der Waals surface area contributed by atoms with Gasteiger partial charge in [-0.3, -0.25) is 0 Å². The van der Waals surface area contributed by atoms with Gasteiger partial charge in [-0.15, -0.1) is 0 Å². The maximum Gasteiger partial charge on any atom is -0.00203 e. The molecular weight excluding hydrogens is 214 g/mol. The van der Waals surface area contributed by atoms with Crippen molar-refractivity contribution in [1.82, 2.24) is 0 Å². The first-order valence-corrected chi connectivity index (χ1v) is 7.39. The van der Waals surface area contributed by atoms with Crippen molar-refractivity contribution in [2.45, 2.75) is 45.4 Å². The smallest absolute Gasteiger partial charge is 0.00203 e. The molecule has 0 aromatic carbocycles. The molecule has 1 nitrogen and oxygen atoms in total. The normalized spacial score (nSPS) is 30.5. The minimum Gasteiger partial charge on any atom is -0.330 e. The molecule has 0 aliphatic heterocycles. The summed E-state index contributed by atoms with van der Waals surface area (Å²) >= 11 is 1.80.